The van der Waals surface area contributed by atoms with Crippen LogP contribution in [-0.4, -0.2) is 34.0 Å². The van der Waals surface area contributed by atoms with E-state index in [9.17, 15) is 9.59 Å². The van der Waals surface area contributed by atoms with Gasteiger partial charge < -0.3 is 10.2 Å². The number of thioether (sulfide) groups is 1. The minimum atomic E-state index is -0.546. The number of halogens is 1. The molecule has 0 heterocycles. The molecule has 0 fully saturated rings. The number of benzene rings is 2. The summed E-state index contributed by atoms with van der Waals surface area (Å²) in [4.78, 5) is 28.8. The topological polar surface area (TPSA) is 49.4 Å². The Labute approximate surface area is 195 Å². The number of nitrogens with zero attached hydrogens (tertiary/aromatic N) is 1. The van der Waals surface area contributed by atoms with Crippen molar-refractivity contribution < 1.29 is 9.59 Å². The predicted octanol–water partition coefficient (Wildman–Crippen LogP) is 5.85. The third-order valence-electron chi connectivity index (χ3n) is 4.88. The van der Waals surface area contributed by atoms with E-state index in [1.165, 1.54) is 0 Å². The first-order valence-electron chi connectivity index (χ1n) is 10.6. The first kappa shape index (κ1) is 25.3. The van der Waals surface area contributed by atoms with Gasteiger partial charge in [-0.1, -0.05) is 35.9 Å². The summed E-state index contributed by atoms with van der Waals surface area (Å²) in [6.07, 6.45) is 1.14. The number of nitrogens with one attached hydrogen (secondary N) is 1. The number of hydrogen-bond acceptors (Lipinski definition) is 3. The van der Waals surface area contributed by atoms with Crippen molar-refractivity contribution >= 4 is 35.2 Å². The van der Waals surface area contributed by atoms with E-state index in [2.05, 4.69) is 5.32 Å². The summed E-state index contributed by atoms with van der Waals surface area (Å²) in [5, 5.41) is 3.72. The standard InChI is InChI=1S/C25H33ClN2O2S/c1-18-9-6-7-10-20(18)17-28(19(2)24(30)27-25(3,4)5)23(29)11-8-16-31-22-14-12-21(26)13-15-22/h6-7,9-10,12-15,19H,8,11,16-17H2,1-5H3,(H,27,30)/t19-/m1/s1. The Morgan fingerprint density at radius 3 is 2.35 bits per heavy atom. The van der Waals surface area contributed by atoms with Crippen LogP contribution in [0.25, 0.3) is 0 Å². The van der Waals surface area contributed by atoms with Crippen LogP contribution in [0.2, 0.25) is 5.02 Å². The largest absolute Gasteiger partial charge is 0.350 e. The third-order valence-corrected chi connectivity index (χ3v) is 6.24. The van der Waals surface area contributed by atoms with Crippen LogP contribution in [0, 0.1) is 6.92 Å². The number of hydrogen-bond donors (Lipinski definition) is 1. The van der Waals surface area contributed by atoms with Crippen molar-refractivity contribution in [3.63, 3.8) is 0 Å². The molecule has 6 heteroatoms. The van der Waals surface area contributed by atoms with Crippen LogP contribution in [0.5, 0.6) is 0 Å². The minimum Gasteiger partial charge on any atom is -0.350 e. The lowest BCUT2D eigenvalue weighted by atomic mass is 10.1. The molecule has 2 rings (SSSR count). The van der Waals surface area contributed by atoms with E-state index in [4.69, 9.17) is 11.6 Å². The SMILES string of the molecule is Cc1ccccc1CN(C(=O)CCCSc1ccc(Cl)cc1)[C@H](C)C(=O)NC(C)(C)C. The molecular formula is C25H33ClN2O2S. The molecule has 2 aromatic carbocycles. The molecule has 0 aliphatic rings. The highest BCUT2D eigenvalue weighted by atomic mass is 35.5. The molecule has 1 N–H and O–H groups in total. The highest BCUT2D eigenvalue weighted by Crippen LogP contribution is 2.22. The quantitative estimate of drug-likeness (QED) is 0.377. The fourth-order valence-electron chi connectivity index (χ4n) is 3.12. The van der Waals surface area contributed by atoms with Crippen molar-refractivity contribution in [1.29, 1.82) is 0 Å². The van der Waals surface area contributed by atoms with E-state index in [-0.39, 0.29) is 17.4 Å². The van der Waals surface area contributed by atoms with Gasteiger partial charge in [-0.25, -0.2) is 0 Å². The second-order valence-corrected chi connectivity index (χ2v) is 10.4. The van der Waals surface area contributed by atoms with Crippen LogP contribution >= 0.6 is 23.4 Å². The Kier molecular flexibility index (Phi) is 9.45. The van der Waals surface area contributed by atoms with Crippen LogP contribution in [-0.2, 0) is 16.1 Å². The molecular weight excluding hydrogens is 428 g/mol. The number of rotatable bonds is 9. The zero-order chi connectivity index (χ0) is 23.0. The van der Waals surface area contributed by atoms with Crippen molar-refractivity contribution in [3.05, 3.63) is 64.7 Å². The molecule has 0 aliphatic heterocycles. The van der Waals surface area contributed by atoms with E-state index < -0.39 is 6.04 Å². The molecule has 0 aromatic heterocycles. The van der Waals surface area contributed by atoms with Crippen LogP contribution < -0.4 is 5.32 Å². The molecule has 4 nitrogen and oxygen atoms in total. The average molecular weight is 461 g/mol. The summed E-state index contributed by atoms with van der Waals surface area (Å²) in [7, 11) is 0. The zero-order valence-electron chi connectivity index (χ0n) is 19.1. The summed E-state index contributed by atoms with van der Waals surface area (Å²) in [6, 6.07) is 15.2. The number of carbonyl (C=O) groups excluding carboxylic acids is 2. The van der Waals surface area contributed by atoms with Gasteiger partial charge in [-0.2, -0.15) is 0 Å². The van der Waals surface area contributed by atoms with Crippen LogP contribution in [0.4, 0.5) is 0 Å². The summed E-state index contributed by atoms with van der Waals surface area (Å²) < 4.78 is 0. The molecule has 1 atom stereocenters. The van der Waals surface area contributed by atoms with Gasteiger partial charge in [-0.05, 0) is 82.2 Å². The lowest BCUT2D eigenvalue weighted by Crippen LogP contribution is -2.52. The van der Waals surface area contributed by atoms with Gasteiger partial charge in [-0.3, -0.25) is 9.59 Å². The smallest absolute Gasteiger partial charge is 0.242 e. The maximum absolute atomic E-state index is 13.1. The minimum absolute atomic E-state index is 0.00322. The van der Waals surface area contributed by atoms with Gasteiger partial charge in [0.1, 0.15) is 6.04 Å². The van der Waals surface area contributed by atoms with E-state index in [0.717, 1.165) is 28.2 Å². The summed E-state index contributed by atoms with van der Waals surface area (Å²) >= 11 is 7.63. The first-order chi connectivity index (χ1) is 14.6. The molecule has 2 amide bonds. The zero-order valence-corrected chi connectivity index (χ0v) is 20.6. The van der Waals surface area contributed by atoms with Gasteiger partial charge in [-0.15, -0.1) is 11.8 Å². The Morgan fingerprint density at radius 1 is 1.10 bits per heavy atom. The number of carbonyl (C=O) groups is 2. The van der Waals surface area contributed by atoms with Crippen LogP contribution in [0.1, 0.15) is 51.7 Å². The summed E-state index contributed by atoms with van der Waals surface area (Å²) in [6.45, 7) is 10.1. The normalized spacial score (nSPS) is 12.3. The number of amides is 2. The molecule has 0 spiro atoms. The highest BCUT2D eigenvalue weighted by Gasteiger charge is 2.28. The van der Waals surface area contributed by atoms with E-state index in [0.29, 0.717) is 18.0 Å². The maximum Gasteiger partial charge on any atom is 0.242 e. The van der Waals surface area contributed by atoms with E-state index in [1.807, 2.05) is 76.2 Å². The second kappa shape index (κ2) is 11.6. The molecule has 0 saturated heterocycles. The van der Waals surface area contributed by atoms with E-state index >= 15 is 0 Å². The molecule has 0 aliphatic carbocycles. The Balaban J connectivity index is 2.03. The van der Waals surface area contributed by atoms with Gasteiger partial charge in [0.2, 0.25) is 11.8 Å². The molecule has 168 valence electrons. The van der Waals surface area contributed by atoms with Gasteiger partial charge >= 0.3 is 0 Å². The Hall–Kier alpha value is -1.98. The maximum atomic E-state index is 13.1. The van der Waals surface area contributed by atoms with Crippen molar-refractivity contribution in [2.75, 3.05) is 5.75 Å². The number of aryl methyl sites for hydroxylation is 1. The first-order valence-corrected chi connectivity index (χ1v) is 12.0. The fraction of sp³-hybridized carbons (Fsp3) is 0.440. The van der Waals surface area contributed by atoms with Crippen molar-refractivity contribution in [2.45, 2.75) is 70.5 Å². The van der Waals surface area contributed by atoms with Crippen LogP contribution in [0.15, 0.2) is 53.4 Å². The van der Waals surface area contributed by atoms with Gasteiger partial charge in [0, 0.05) is 28.4 Å². The third kappa shape index (κ3) is 8.58. The predicted molar refractivity (Wildman–Crippen MR) is 130 cm³/mol. The monoisotopic (exact) mass is 460 g/mol. The lowest BCUT2D eigenvalue weighted by molar-refractivity contribution is -0.141. The molecule has 0 unspecified atom stereocenters. The second-order valence-electron chi connectivity index (χ2n) is 8.77. The van der Waals surface area contributed by atoms with Crippen LogP contribution in [0.3, 0.4) is 0 Å². The Bertz CT molecular complexity index is 878. The Morgan fingerprint density at radius 2 is 1.74 bits per heavy atom. The fourth-order valence-corrected chi connectivity index (χ4v) is 4.09. The van der Waals surface area contributed by atoms with Crippen molar-refractivity contribution in [1.82, 2.24) is 10.2 Å². The van der Waals surface area contributed by atoms with Gasteiger partial charge in [0.25, 0.3) is 0 Å². The average Bonchev–Trinajstić information content (AvgIpc) is 2.70. The molecule has 2 aromatic rings. The summed E-state index contributed by atoms with van der Waals surface area (Å²) in [5.41, 5.74) is 1.82. The lowest BCUT2D eigenvalue weighted by Gasteiger charge is -2.32. The molecule has 31 heavy (non-hydrogen) atoms. The molecule has 0 saturated carbocycles. The highest BCUT2D eigenvalue weighted by molar-refractivity contribution is 7.99. The van der Waals surface area contributed by atoms with Gasteiger partial charge in [0.05, 0.1) is 0 Å². The van der Waals surface area contributed by atoms with E-state index in [1.54, 1.807) is 23.6 Å². The van der Waals surface area contributed by atoms with Crippen molar-refractivity contribution in [2.24, 2.45) is 0 Å². The molecule has 0 bridgehead atoms. The van der Waals surface area contributed by atoms with Gasteiger partial charge in [0.15, 0.2) is 0 Å². The van der Waals surface area contributed by atoms with Crippen molar-refractivity contribution in [3.8, 4) is 0 Å². The summed E-state index contributed by atoms with van der Waals surface area (Å²) in [5.74, 6) is 0.690. The molecule has 0 radical (unpaired) electrons.